The SMILES string of the molecule is Cc1ccc(NC(=O)C[C@H]2SC(=Nc3ccc(F)c(Cl)c3)N(C)C2=O)cc1Cl. The lowest BCUT2D eigenvalue weighted by Gasteiger charge is -2.10. The van der Waals surface area contributed by atoms with E-state index in [1.165, 1.54) is 34.9 Å². The second-order valence-corrected chi connectivity index (χ2v) is 8.20. The Hall–Kier alpha value is -2.09. The Bertz CT molecular complexity index is 984. The van der Waals surface area contributed by atoms with Crippen LogP contribution in [0.1, 0.15) is 12.0 Å². The predicted octanol–water partition coefficient (Wildman–Crippen LogP) is 5.03. The van der Waals surface area contributed by atoms with Gasteiger partial charge >= 0.3 is 0 Å². The first-order valence-corrected chi connectivity index (χ1v) is 9.92. The lowest BCUT2D eigenvalue weighted by Crippen LogP contribution is -2.30. The van der Waals surface area contributed by atoms with Crippen molar-refractivity contribution in [3.05, 3.63) is 57.8 Å². The molecular weight excluding hydrogens is 424 g/mol. The Labute approximate surface area is 175 Å². The van der Waals surface area contributed by atoms with Crippen molar-refractivity contribution in [2.75, 3.05) is 12.4 Å². The van der Waals surface area contributed by atoms with Crippen LogP contribution in [0.5, 0.6) is 0 Å². The molecule has 0 radical (unpaired) electrons. The van der Waals surface area contributed by atoms with Crippen molar-refractivity contribution in [3.63, 3.8) is 0 Å². The number of hydrogen-bond acceptors (Lipinski definition) is 4. The number of rotatable bonds is 4. The molecule has 1 N–H and O–H groups in total. The molecule has 5 nitrogen and oxygen atoms in total. The fraction of sp³-hybridized carbons (Fsp3) is 0.211. The summed E-state index contributed by atoms with van der Waals surface area (Å²) in [7, 11) is 1.58. The van der Waals surface area contributed by atoms with Crippen molar-refractivity contribution < 1.29 is 14.0 Å². The topological polar surface area (TPSA) is 61.8 Å². The summed E-state index contributed by atoms with van der Waals surface area (Å²) in [5.41, 5.74) is 1.90. The number of anilines is 1. The van der Waals surface area contributed by atoms with Gasteiger partial charge in [0.25, 0.3) is 0 Å². The fourth-order valence-corrected chi connectivity index (χ4v) is 4.02. The Kier molecular flexibility index (Phi) is 6.27. The van der Waals surface area contributed by atoms with Gasteiger partial charge < -0.3 is 5.32 Å². The predicted molar refractivity (Wildman–Crippen MR) is 112 cm³/mol. The van der Waals surface area contributed by atoms with Gasteiger partial charge in [-0.3, -0.25) is 14.5 Å². The highest BCUT2D eigenvalue weighted by Gasteiger charge is 2.37. The molecule has 0 aromatic heterocycles. The summed E-state index contributed by atoms with van der Waals surface area (Å²) in [4.78, 5) is 30.5. The van der Waals surface area contributed by atoms with Crippen LogP contribution in [0.25, 0.3) is 0 Å². The van der Waals surface area contributed by atoms with E-state index in [2.05, 4.69) is 10.3 Å². The van der Waals surface area contributed by atoms with Crippen LogP contribution in [0, 0.1) is 12.7 Å². The average Bonchev–Trinajstić information content (AvgIpc) is 2.89. The van der Waals surface area contributed by atoms with Gasteiger partial charge in [-0.05, 0) is 42.8 Å². The molecule has 0 unspecified atom stereocenters. The number of aryl methyl sites for hydroxylation is 1. The van der Waals surface area contributed by atoms with Crippen LogP contribution in [0.3, 0.4) is 0 Å². The summed E-state index contributed by atoms with van der Waals surface area (Å²) in [6.45, 7) is 1.87. The number of carbonyl (C=O) groups is 2. The zero-order chi connectivity index (χ0) is 20.4. The average molecular weight is 440 g/mol. The van der Waals surface area contributed by atoms with Gasteiger partial charge in [0.2, 0.25) is 11.8 Å². The van der Waals surface area contributed by atoms with Crippen molar-refractivity contribution >= 4 is 63.3 Å². The van der Waals surface area contributed by atoms with Gasteiger partial charge in [0.15, 0.2) is 5.17 Å². The molecule has 1 heterocycles. The largest absolute Gasteiger partial charge is 0.326 e. The third-order valence-corrected chi connectivity index (χ3v) is 6.02. The summed E-state index contributed by atoms with van der Waals surface area (Å²) >= 11 is 13.0. The molecule has 0 bridgehead atoms. The number of halogens is 3. The highest BCUT2D eigenvalue weighted by atomic mass is 35.5. The zero-order valence-corrected chi connectivity index (χ0v) is 17.3. The molecule has 2 aromatic carbocycles. The standard InChI is InChI=1S/C19H16Cl2FN3O2S/c1-10-3-4-11(7-13(10)20)23-17(26)9-16-18(27)25(2)19(28-16)24-12-5-6-15(22)14(21)8-12/h3-8,16H,9H2,1-2H3,(H,23,26)/t16-/m1/s1. The smallest absolute Gasteiger partial charge is 0.242 e. The Morgan fingerprint density at radius 3 is 2.68 bits per heavy atom. The first kappa shape index (κ1) is 20.6. The van der Waals surface area contributed by atoms with E-state index in [1.54, 1.807) is 25.2 Å². The van der Waals surface area contributed by atoms with E-state index < -0.39 is 11.1 Å². The molecule has 9 heteroatoms. The number of benzene rings is 2. The van der Waals surface area contributed by atoms with E-state index in [0.717, 1.165) is 5.56 Å². The molecule has 2 aromatic rings. The number of nitrogens with zero attached hydrogens (tertiary/aromatic N) is 2. The fourth-order valence-electron chi connectivity index (χ4n) is 2.51. The van der Waals surface area contributed by atoms with Crippen molar-refractivity contribution in [1.29, 1.82) is 0 Å². The maximum Gasteiger partial charge on any atom is 0.242 e. The number of aliphatic imine (C=N–C) groups is 1. The van der Waals surface area contributed by atoms with Gasteiger partial charge in [-0.25, -0.2) is 9.38 Å². The summed E-state index contributed by atoms with van der Waals surface area (Å²) < 4.78 is 13.3. The van der Waals surface area contributed by atoms with Crippen LogP contribution in [0.4, 0.5) is 15.8 Å². The van der Waals surface area contributed by atoms with Crippen LogP contribution < -0.4 is 5.32 Å². The molecule has 1 aliphatic rings. The van der Waals surface area contributed by atoms with E-state index >= 15 is 0 Å². The van der Waals surface area contributed by atoms with Crippen molar-refractivity contribution in [2.45, 2.75) is 18.6 Å². The highest BCUT2D eigenvalue weighted by molar-refractivity contribution is 8.15. The third kappa shape index (κ3) is 4.66. The van der Waals surface area contributed by atoms with E-state index in [9.17, 15) is 14.0 Å². The minimum atomic E-state index is -0.597. The van der Waals surface area contributed by atoms with E-state index in [-0.39, 0.29) is 23.3 Å². The van der Waals surface area contributed by atoms with E-state index in [0.29, 0.717) is 21.6 Å². The number of thioether (sulfide) groups is 1. The summed E-state index contributed by atoms with van der Waals surface area (Å²) in [6.07, 6.45) is -0.0114. The Balaban J connectivity index is 1.68. The minimum Gasteiger partial charge on any atom is -0.326 e. The van der Waals surface area contributed by atoms with Crippen molar-refractivity contribution in [3.8, 4) is 0 Å². The van der Waals surface area contributed by atoms with E-state index in [4.69, 9.17) is 23.2 Å². The number of nitrogens with one attached hydrogen (secondary N) is 1. The number of amides is 2. The maximum atomic E-state index is 13.3. The lowest BCUT2D eigenvalue weighted by atomic mass is 10.2. The number of amidine groups is 1. The summed E-state index contributed by atoms with van der Waals surface area (Å²) in [5.74, 6) is -1.07. The molecular formula is C19H16Cl2FN3O2S. The van der Waals surface area contributed by atoms with Crippen LogP contribution in [0.2, 0.25) is 10.0 Å². The highest BCUT2D eigenvalue weighted by Crippen LogP contribution is 2.32. The van der Waals surface area contributed by atoms with Crippen LogP contribution >= 0.6 is 35.0 Å². The molecule has 3 rings (SSSR count). The van der Waals surface area contributed by atoms with Gasteiger partial charge in [0.05, 0.1) is 10.7 Å². The van der Waals surface area contributed by atoms with Crippen LogP contribution in [0.15, 0.2) is 41.4 Å². The molecule has 1 aliphatic heterocycles. The second-order valence-electron chi connectivity index (χ2n) is 6.21. The molecule has 2 amide bonds. The quantitative estimate of drug-likeness (QED) is 0.726. The molecule has 28 heavy (non-hydrogen) atoms. The van der Waals surface area contributed by atoms with Crippen molar-refractivity contribution in [2.24, 2.45) is 4.99 Å². The second kappa shape index (κ2) is 8.51. The summed E-state index contributed by atoms with van der Waals surface area (Å²) in [6, 6.07) is 9.27. The van der Waals surface area contributed by atoms with E-state index in [1.807, 2.05) is 6.92 Å². The molecule has 0 aliphatic carbocycles. The Morgan fingerprint density at radius 2 is 2.00 bits per heavy atom. The zero-order valence-electron chi connectivity index (χ0n) is 15.0. The normalized spacial score (nSPS) is 18.0. The molecule has 1 atom stereocenters. The summed E-state index contributed by atoms with van der Waals surface area (Å²) in [5, 5.41) is 3.07. The van der Waals surface area contributed by atoms with Crippen LogP contribution in [-0.4, -0.2) is 34.2 Å². The molecule has 0 saturated carbocycles. The third-order valence-electron chi connectivity index (χ3n) is 4.09. The maximum absolute atomic E-state index is 13.3. The number of hydrogen-bond donors (Lipinski definition) is 1. The first-order chi connectivity index (χ1) is 13.2. The van der Waals surface area contributed by atoms with Gasteiger partial charge in [-0.2, -0.15) is 0 Å². The Morgan fingerprint density at radius 1 is 1.25 bits per heavy atom. The molecule has 1 saturated heterocycles. The first-order valence-electron chi connectivity index (χ1n) is 8.28. The number of carbonyl (C=O) groups excluding carboxylic acids is 2. The van der Waals surface area contributed by atoms with Gasteiger partial charge in [-0.15, -0.1) is 0 Å². The van der Waals surface area contributed by atoms with Crippen LogP contribution in [-0.2, 0) is 9.59 Å². The van der Waals surface area contributed by atoms with Crippen molar-refractivity contribution in [1.82, 2.24) is 4.90 Å². The minimum absolute atomic E-state index is 0.0114. The molecule has 1 fully saturated rings. The van der Waals surface area contributed by atoms with Gasteiger partial charge in [-0.1, -0.05) is 41.0 Å². The van der Waals surface area contributed by atoms with Gasteiger partial charge in [0.1, 0.15) is 11.1 Å². The van der Waals surface area contributed by atoms with Gasteiger partial charge in [0, 0.05) is 24.2 Å². The lowest BCUT2D eigenvalue weighted by molar-refractivity contribution is -0.127. The monoisotopic (exact) mass is 439 g/mol. The molecule has 146 valence electrons. The molecule has 0 spiro atoms.